The van der Waals surface area contributed by atoms with Crippen molar-refractivity contribution in [3.05, 3.63) is 35.1 Å². The summed E-state index contributed by atoms with van der Waals surface area (Å²) in [6.07, 6.45) is 3.44. The van der Waals surface area contributed by atoms with Crippen molar-refractivity contribution in [1.82, 2.24) is 5.32 Å². The third kappa shape index (κ3) is 2.77. The summed E-state index contributed by atoms with van der Waals surface area (Å²) in [4.78, 5) is 0. The average Bonchev–Trinajstić information content (AvgIpc) is 3.12. The summed E-state index contributed by atoms with van der Waals surface area (Å²) in [5, 5.41) is 3.20. The number of rotatable bonds is 4. The first-order chi connectivity index (χ1) is 9.15. The zero-order chi connectivity index (χ0) is 13.4. The molecule has 1 aromatic carbocycles. The van der Waals surface area contributed by atoms with Crippen LogP contribution in [0.15, 0.2) is 12.1 Å². The summed E-state index contributed by atoms with van der Waals surface area (Å²) in [5.74, 6) is -2.27. The summed E-state index contributed by atoms with van der Waals surface area (Å²) in [6.45, 7) is 0.902. The van der Waals surface area contributed by atoms with E-state index in [9.17, 15) is 13.2 Å². The van der Waals surface area contributed by atoms with Gasteiger partial charge in [0.25, 0.3) is 0 Å². The van der Waals surface area contributed by atoms with Crippen molar-refractivity contribution < 1.29 is 17.9 Å². The maximum atomic E-state index is 13.5. The van der Waals surface area contributed by atoms with Crippen LogP contribution in [0.1, 0.15) is 24.8 Å². The van der Waals surface area contributed by atoms with Crippen LogP contribution in [-0.4, -0.2) is 18.8 Å². The predicted octanol–water partition coefficient (Wildman–Crippen LogP) is 2.76. The first-order valence-electron chi connectivity index (χ1n) is 6.63. The fourth-order valence-electron chi connectivity index (χ4n) is 2.66. The van der Waals surface area contributed by atoms with Gasteiger partial charge in [-0.3, -0.25) is 0 Å². The van der Waals surface area contributed by atoms with E-state index in [1.807, 2.05) is 0 Å². The molecule has 0 radical (unpaired) electrons. The highest BCUT2D eigenvalue weighted by Gasteiger charge is 2.40. The molecule has 2 unspecified atom stereocenters. The molecule has 3 rings (SSSR count). The van der Waals surface area contributed by atoms with Crippen molar-refractivity contribution in [3.8, 4) is 0 Å². The van der Waals surface area contributed by atoms with Gasteiger partial charge in [0.15, 0.2) is 11.6 Å². The topological polar surface area (TPSA) is 21.3 Å². The number of ether oxygens (including phenoxy) is 1. The standard InChI is InChI=1S/C14H16F3NO/c15-10-6-12(17)11(16)5-9(10)7-18-13-3-4-19-14(13)8-1-2-8/h5-6,8,13-14,18H,1-4,7H2. The quantitative estimate of drug-likeness (QED) is 0.850. The van der Waals surface area contributed by atoms with E-state index in [4.69, 9.17) is 4.74 Å². The Balaban J connectivity index is 1.64. The number of nitrogens with one attached hydrogen (secondary N) is 1. The second-order valence-electron chi connectivity index (χ2n) is 5.31. The van der Waals surface area contributed by atoms with E-state index >= 15 is 0 Å². The van der Waals surface area contributed by atoms with Crippen molar-refractivity contribution in [2.24, 2.45) is 5.92 Å². The van der Waals surface area contributed by atoms with E-state index in [0.717, 1.165) is 12.5 Å². The van der Waals surface area contributed by atoms with E-state index in [0.29, 0.717) is 18.6 Å². The van der Waals surface area contributed by atoms with Crippen LogP contribution in [-0.2, 0) is 11.3 Å². The third-order valence-corrected chi connectivity index (χ3v) is 3.87. The summed E-state index contributed by atoms with van der Waals surface area (Å²) in [7, 11) is 0. The highest BCUT2D eigenvalue weighted by atomic mass is 19.2. The van der Waals surface area contributed by atoms with E-state index < -0.39 is 17.5 Å². The number of hydrogen-bond acceptors (Lipinski definition) is 2. The molecule has 2 aliphatic rings. The predicted molar refractivity (Wildman–Crippen MR) is 64.0 cm³/mol. The zero-order valence-corrected chi connectivity index (χ0v) is 10.5. The molecule has 1 saturated heterocycles. The molecule has 1 aromatic rings. The molecule has 0 spiro atoms. The Hall–Kier alpha value is -1.07. The van der Waals surface area contributed by atoms with Gasteiger partial charge in [-0.1, -0.05) is 0 Å². The van der Waals surface area contributed by atoms with E-state index in [2.05, 4.69) is 5.32 Å². The fraction of sp³-hybridized carbons (Fsp3) is 0.571. The lowest BCUT2D eigenvalue weighted by Crippen LogP contribution is -2.37. The molecule has 2 atom stereocenters. The Morgan fingerprint density at radius 3 is 2.53 bits per heavy atom. The van der Waals surface area contributed by atoms with Crippen molar-refractivity contribution >= 4 is 0 Å². The lowest BCUT2D eigenvalue weighted by atomic mass is 10.1. The van der Waals surface area contributed by atoms with Gasteiger partial charge in [0.2, 0.25) is 0 Å². The van der Waals surface area contributed by atoms with Crippen LogP contribution in [0.4, 0.5) is 13.2 Å². The summed E-state index contributed by atoms with van der Waals surface area (Å²) in [6, 6.07) is 1.69. The smallest absolute Gasteiger partial charge is 0.161 e. The van der Waals surface area contributed by atoms with Gasteiger partial charge >= 0.3 is 0 Å². The lowest BCUT2D eigenvalue weighted by Gasteiger charge is -2.19. The van der Waals surface area contributed by atoms with Gasteiger partial charge in [-0.05, 0) is 31.2 Å². The molecule has 2 nitrogen and oxygen atoms in total. The molecule has 1 saturated carbocycles. The maximum absolute atomic E-state index is 13.5. The van der Waals surface area contributed by atoms with Gasteiger partial charge in [0, 0.05) is 30.8 Å². The second-order valence-corrected chi connectivity index (χ2v) is 5.31. The van der Waals surface area contributed by atoms with Crippen molar-refractivity contribution in [2.45, 2.75) is 38.0 Å². The van der Waals surface area contributed by atoms with Crippen molar-refractivity contribution in [3.63, 3.8) is 0 Å². The van der Waals surface area contributed by atoms with Gasteiger partial charge in [0.05, 0.1) is 6.10 Å². The largest absolute Gasteiger partial charge is 0.376 e. The minimum Gasteiger partial charge on any atom is -0.376 e. The molecular formula is C14H16F3NO. The Labute approximate surface area is 109 Å². The molecule has 0 bridgehead atoms. The van der Waals surface area contributed by atoms with E-state index in [1.54, 1.807) is 0 Å². The molecule has 5 heteroatoms. The molecule has 1 N–H and O–H groups in total. The van der Waals surface area contributed by atoms with E-state index in [1.165, 1.54) is 12.8 Å². The number of halogens is 3. The summed E-state index contributed by atoms with van der Waals surface area (Å²) in [5.41, 5.74) is 0.153. The molecule has 0 aromatic heterocycles. The van der Waals surface area contributed by atoms with Crippen LogP contribution in [0.5, 0.6) is 0 Å². The Morgan fingerprint density at radius 1 is 1.05 bits per heavy atom. The first kappa shape index (κ1) is 12.9. The normalized spacial score (nSPS) is 26.9. The van der Waals surface area contributed by atoms with Crippen molar-refractivity contribution in [1.29, 1.82) is 0 Å². The zero-order valence-electron chi connectivity index (χ0n) is 10.5. The van der Waals surface area contributed by atoms with Crippen molar-refractivity contribution in [2.75, 3.05) is 6.61 Å². The second kappa shape index (κ2) is 5.13. The van der Waals surface area contributed by atoms with Crippen LogP contribution in [0.2, 0.25) is 0 Å². The van der Waals surface area contributed by atoms with Crippen LogP contribution in [0.3, 0.4) is 0 Å². The minimum absolute atomic E-state index is 0.153. The molecule has 1 aliphatic heterocycles. The molecule has 19 heavy (non-hydrogen) atoms. The Bertz CT molecular complexity index is 476. The van der Waals surface area contributed by atoms with Gasteiger partial charge in [-0.15, -0.1) is 0 Å². The Kier molecular flexibility index (Phi) is 3.50. The molecular weight excluding hydrogens is 255 g/mol. The first-order valence-corrected chi connectivity index (χ1v) is 6.63. The highest BCUT2D eigenvalue weighted by molar-refractivity contribution is 5.20. The minimum atomic E-state index is -1.15. The van der Waals surface area contributed by atoms with Crippen LogP contribution in [0.25, 0.3) is 0 Å². The van der Waals surface area contributed by atoms with Crippen LogP contribution in [0, 0.1) is 23.4 Å². The van der Waals surface area contributed by atoms with Gasteiger partial charge in [-0.25, -0.2) is 13.2 Å². The monoisotopic (exact) mass is 271 g/mol. The maximum Gasteiger partial charge on any atom is 0.161 e. The van der Waals surface area contributed by atoms with Gasteiger partial charge in [0.1, 0.15) is 5.82 Å². The highest BCUT2D eigenvalue weighted by Crippen LogP contribution is 2.38. The SMILES string of the molecule is Fc1cc(F)c(CNC2CCOC2C2CC2)cc1F. The summed E-state index contributed by atoms with van der Waals surface area (Å²) >= 11 is 0. The average molecular weight is 271 g/mol. The van der Waals surface area contributed by atoms with Crippen LogP contribution < -0.4 is 5.32 Å². The van der Waals surface area contributed by atoms with E-state index in [-0.39, 0.29) is 24.3 Å². The summed E-state index contributed by atoms with van der Waals surface area (Å²) < 4.78 is 45.1. The Morgan fingerprint density at radius 2 is 1.79 bits per heavy atom. The molecule has 1 aliphatic carbocycles. The molecule has 0 amide bonds. The lowest BCUT2D eigenvalue weighted by molar-refractivity contribution is 0.0808. The van der Waals surface area contributed by atoms with Gasteiger partial charge < -0.3 is 10.1 Å². The molecule has 1 heterocycles. The molecule has 2 fully saturated rings. The number of hydrogen-bond donors (Lipinski definition) is 1. The van der Waals surface area contributed by atoms with Gasteiger partial charge in [-0.2, -0.15) is 0 Å². The third-order valence-electron chi connectivity index (χ3n) is 3.87. The molecule has 104 valence electrons. The fourth-order valence-corrected chi connectivity index (χ4v) is 2.66. The number of benzene rings is 1. The van der Waals surface area contributed by atoms with Crippen LogP contribution >= 0.6 is 0 Å².